The fourth-order valence-electron chi connectivity index (χ4n) is 2.26. The van der Waals surface area contributed by atoms with E-state index < -0.39 is 32.5 Å². The van der Waals surface area contributed by atoms with Gasteiger partial charge >= 0.3 is 11.7 Å². The van der Waals surface area contributed by atoms with Gasteiger partial charge in [-0.25, -0.2) is 13.2 Å². The van der Waals surface area contributed by atoms with Crippen LogP contribution < -0.4 is 4.90 Å². The molecular formula is C12H13F2NO4S. The van der Waals surface area contributed by atoms with E-state index in [0.717, 1.165) is 12.1 Å². The van der Waals surface area contributed by atoms with Gasteiger partial charge in [-0.15, -0.1) is 0 Å². The number of aliphatic carboxylic acids is 1. The van der Waals surface area contributed by atoms with Crippen molar-refractivity contribution < 1.29 is 27.1 Å². The molecule has 1 saturated heterocycles. The van der Waals surface area contributed by atoms with E-state index in [4.69, 9.17) is 5.11 Å². The van der Waals surface area contributed by atoms with Crippen molar-refractivity contribution >= 4 is 21.5 Å². The molecule has 0 bridgehead atoms. The van der Waals surface area contributed by atoms with Gasteiger partial charge in [0.05, 0.1) is 4.90 Å². The third kappa shape index (κ3) is 2.60. The number of carboxylic acid groups (broad SMARTS) is 1. The summed E-state index contributed by atoms with van der Waals surface area (Å²) < 4.78 is 47.3. The molecule has 0 aliphatic carbocycles. The molecule has 1 N–H and O–H groups in total. The average molecular weight is 305 g/mol. The van der Waals surface area contributed by atoms with E-state index in [0.29, 0.717) is 25.1 Å². The molecule has 1 atom stereocenters. The molecule has 2 rings (SSSR count). The van der Waals surface area contributed by atoms with Gasteiger partial charge in [-0.3, -0.25) is 0 Å². The summed E-state index contributed by atoms with van der Waals surface area (Å²) in [6.07, 6.45) is 1.22. The van der Waals surface area contributed by atoms with Crippen LogP contribution in [-0.4, -0.2) is 37.8 Å². The monoisotopic (exact) mass is 305 g/mol. The van der Waals surface area contributed by atoms with Crippen molar-refractivity contribution in [3.05, 3.63) is 24.3 Å². The summed E-state index contributed by atoms with van der Waals surface area (Å²) in [5.74, 6) is -4.42. The Bertz CT molecular complexity index is 600. The Kier molecular flexibility index (Phi) is 3.94. The van der Waals surface area contributed by atoms with E-state index in [1.807, 2.05) is 0 Å². The minimum absolute atomic E-state index is 0.470. The van der Waals surface area contributed by atoms with Crippen LogP contribution in [0.2, 0.25) is 0 Å². The summed E-state index contributed by atoms with van der Waals surface area (Å²) in [7, 11) is -4.62. The predicted molar refractivity (Wildman–Crippen MR) is 67.6 cm³/mol. The third-order valence-electron chi connectivity index (χ3n) is 3.27. The number of hydrogen-bond acceptors (Lipinski definition) is 4. The molecule has 0 radical (unpaired) electrons. The lowest BCUT2D eigenvalue weighted by Gasteiger charge is -2.23. The zero-order valence-electron chi connectivity index (χ0n) is 10.4. The van der Waals surface area contributed by atoms with Gasteiger partial charge < -0.3 is 10.0 Å². The number of benzene rings is 1. The molecule has 1 heterocycles. The van der Waals surface area contributed by atoms with E-state index in [1.165, 1.54) is 12.1 Å². The molecule has 8 heteroatoms. The maximum absolute atomic E-state index is 12.4. The molecule has 20 heavy (non-hydrogen) atoms. The lowest BCUT2D eigenvalue weighted by Crippen LogP contribution is -2.35. The van der Waals surface area contributed by atoms with Crippen molar-refractivity contribution in [2.45, 2.75) is 29.5 Å². The smallest absolute Gasteiger partial charge is 0.341 e. The van der Waals surface area contributed by atoms with E-state index >= 15 is 0 Å². The highest BCUT2D eigenvalue weighted by Gasteiger charge is 2.31. The standard InChI is InChI=1S/C12H13F2NO4S/c13-12(14)20(18,19)9-5-3-8(4-6-9)15-7-1-2-10(15)11(16)17/h3-6,10,12H,1-2,7H2,(H,16,17). The zero-order chi connectivity index (χ0) is 14.9. The van der Waals surface area contributed by atoms with Gasteiger partial charge in [-0.2, -0.15) is 8.78 Å². The van der Waals surface area contributed by atoms with Crippen LogP contribution in [0.3, 0.4) is 0 Å². The van der Waals surface area contributed by atoms with Crippen LogP contribution in [0.1, 0.15) is 12.8 Å². The maximum atomic E-state index is 12.4. The quantitative estimate of drug-likeness (QED) is 0.917. The van der Waals surface area contributed by atoms with Crippen molar-refractivity contribution in [1.29, 1.82) is 0 Å². The van der Waals surface area contributed by atoms with Crippen LogP contribution in [0, 0.1) is 0 Å². The number of carboxylic acids is 1. The molecule has 1 aliphatic heterocycles. The number of hydrogen-bond donors (Lipinski definition) is 1. The van der Waals surface area contributed by atoms with Gasteiger partial charge in [0.25, 0.3) is 0 Å². The Hall–Kier alpha value is -1.70. The molecule has 5 nitrogen and oxygen atoms in total. The van der Waals surface area contributed by atoms with Crippen molar-refractivity contribution in [2.75, 3.05) is 11.4 Å². The Morgan fingerprint density at radius 3 is 2.40 bits per heavy atom. The van der Waals surface area contributed by atoms with Crippen LogP contribution in [0.4, 0.5) is 14.5 Å². The molecular weight excluding hydrogens is 292 g/mol. The van der Waals surface area contributed by atoms with E-state index in [2.05, 4.69) is 0 Å². The minimum atomic E-state index is -4.62. The molecule has 1 aromatic carbocycles. The first-order chi connectivity index (χ1) is 9.34. The third-order valence-corrected chi connectivity index (χ3v) is 4.67. The number of rotatable bonds is 4. The maximum Gasteiger partial charge on any atom is 0.341 e. The summed E-state index contributed by atoms with van der Waals surface area (Å²) in [6.45, 7) is 0.540. The van der Waals surface area contributed by atoms with Gasteiger partial charge in [-0.05, 0) is 37.1 Å². The van der Waals surface area contributed by atoms with Crippen LogP contribution in [0.15, 0.2) is 29.2 Å². The number of sulfone groups is 1. The van der Waals surface area contributed by atoms with Crippen molar-refractivity contribution in [1.82, 2.24) is 0 Å². The van der Waals surface area contributed by atoms with Gasteiger partial charge in [0.15, 0.2) is 0 Å². The Morgan fingerprint density at radius 1 is 1.30 bits per heavy atom. The fraction of sp³-hybridized carbons (Fsp3) is 0.417. The summed E-state index contributed by atoms with van der Waals surface area (Å²) >= 11 is 0. The van der Waals surface area contributed by atoms with Crippen molar-refractivity contribution in [2.24, 2.45) is 0 Å². The normalized spacial score (nSPS) is 19.6. The second kappa shape index (κ2) is 5.35. The van der Waals surface area contributed by atoms with Gasteiger partial charge in [-0.1, -0.05) is 0 Å². The van der Waals surface area contributed by atoms with E-state index in [9.17, 15) is 22.0 Å². The second-order valence-electron chi connectivity index (χ2n) is 4.49. The van der Waals surface area contributed by atoms with Crippen LogP contribution in [0.25, 0.3) is 0 Å². The summed E-state index contributed by atoms with van der Waals surface area (Å²) in [4.78, 5) is 12.2. The lowest BCUT2D eigenvalue weighted by molar-refractivity contribution is -0.138. The van der Waals surface area contributed by atoms with Crippen LogP contribution in [-0.2, 0) is 14.6 Å². The zero-order valence-corrected chi connectivity index (χ0v) is 11.2. The first-order valence-corrected chi connectivity index (χ1v) is 7.50. The molecule has 1 aromatic rings. The Morgan fingerprint density at radius 2 is 1.90 bits per heavy atom. The van der Waals surface area contributed by atoms with Gasteiger partial charge in [0.2, 0.25) is 9.84 Å². The average Bonchev–Trinajstić information content (AvgIpc) is 2.88. The largest absolute Gasteiger partial charge is 0.480 e. The number of anilines is 1. The predicted octanol–water partition coefficient (Wildman–Crippen LogP) is 1.74. The fourth-order valence-corrected chi connectivity index (χ4v) is 2.98. The second-order valence-corrected chi connectivity index (χ2v) is 6.41. The topological polar surface area (TPSA) is 74.7 Å². The lowest BCUT2D eigenvalue weighted by atomic mass is 10.2. The minimum Gasteiger partial charge on any atom is -0.480 e. The first-order valence-electron chi connectivity index (χ1n) is 5.95. The SMILES string of the molecule is O=C(O)C1CCCN1c1ccc(S(=O)(=O)C(F)F)cc1. The first kappa shape index (κ1) is 14.7. The highest BCUT2D eigenvalue weighted by molar-refractivity contribution is 7.91. The number of nitrogens with zero attached hydrogens (tertiary/aromatic N) is 1. The van der Waals surface area contributed by atoms with E-state index in [1.54, 1.807) is 4.90 Å². The van der Waals surface area contributed by atoms with Crippen molar-refractivity contribution in [3.8, 4) is 0 Å². The molecule has 1 aliphatic rings. The summed E-state index contributed by atoms with van der Waals surface area (Å²) in [5.41, 5.74) is 0.517. The molecule has 0 spiro atoms. The Balaban J connectivity index is 2.27. The molecule has 1 fully saturated rings. The highest BCUT2D eigenvalue weighted by atomic mass is 32.2. The Labute approximate surface area is 114 Å². The van der Waals surface area contributed by atoms with Gasteiger partial charge in [0.1, 0.15) is 6.04 Å². The number of carbonyl (C=O) groups is 1. The van der Waals surface area contributed by atoms with E-state index in [-0.39, 0.29) is 0 Å². The molecule has 110 valence electrons. The van der Waals surface area contributed by atoms with Crippen molar-refractivity contribution in [3.63, 3.8) is 0 Å². The molecule has 1 unspecified atom stereocenters. The van der Waals surface area contributed by atoms with Gasteiger partial charge in [0, 0.05) is 12.2 Å². The molecule has 0 saturated carbocycles. The molecule has 0 amide bonds. The summed E-state index contributed by atoms with van der Waals surface area (Å²) in [5, 5.41) is 9.06. The number of alkyl halides is 2. The van der Waals surface area contributed by atoms with Crippen LogP contribution >= 0.6 is 0 Å². The summed E-state index contributed by atoms with van der Waals surface area (Å²) in [6, 6.07) is 4.21. The highest BCUT2D eigenvalue weighted by Crippen LogP contribution is 2.27. The number of halogens is 2. The van der Waals surface area contributed by atoms with Crippen LogP contribution in [0.5, 0.6) is 0 Å². The molecule has 0 aromatic heterocycles.